The molecule has 13 rings (SSSR count). The molecule has 0 N–H and O–H groups in total. The van der Waals surface area contributed by atoms with Gasteiger partial charge in [0.25, 0.3) is 0 Å². The van der Waals surface area contributed by atoms with Crippen molar-refractivity contribution in [2.75, 3.05) is 4.90 Å². The molecule has 64 heavy (non-hydrogen) atoms. The Morgan fingerprint density at radius 2 is 0.672 bits per heavy atom. The minimum atomic E-state index is -0.526. The van der Waals surface area contributed by atoms with E-state index in [0.717, 1.165) is 17.1 Å². The standard InChI is InChI=1S/C62H41NS/c1-4-18-42(19-5-1)43-32-38-59-57(40-43)62(55-30-16-12-26-51(55)52-27-13-17-31-56(52)62)58-41-48(37-39-60(58)64-59)63(46-22-8-3-9-23-46)47-35-33-45(34-36-47)61(44-20-6-2-7-21-44)53-28-14-10-24-49(53)50-25-11-15-29-54(50)61/h1-41H. The fourth-order valence-corrected chi connectivity index (χ4v) is 12.6. The second-order valence-corrected chi connectivity index (χ2v) is 18.2. The molecule has 0 saturated heterocycles. The molecule has 0 aromatic heterocycles. The third-order valence-electron chi connectivity index (χ3n) is 14.0. The van der Waals surface area contributed by atoms with Gasteiger partial charge in [-0.15, -0.1) is 0 Å². The molecule has 2 aliphatic carbocycles. The van der Waals surface area contributed by atoms with Crippen LogP contribution >= 0.6 is 11.8 Å². The molecule has 0 atom stereocenters. The van der Waals surface area contributed by atoms with Gasteiger partial charge in [0.1, 0.15) is 0 Å². The van der Waals surface area contributed by atoms with Gasteiger partial charge in [-0.3, -0.25) is 0 Å². The number of para-hydroxylation sites is 1. The lowest BCUT2D eigenvalue weighted by Crippen LogP contribution is -2.32. The first-order chi connectivity index (χ1) is 31.7. The number of nitrogens with zero attached hydrogens (tertiary/aromatic N) is 1. The van der Waals surface area contributed by atoms with Crippen LogP contribution in [0.4, 0.5) is 17.1 Å². The van der Waals surface area contributed by atoms with Gasteiger partial charge in [-0.1, -0.05) is 206 Å². The number of hydrogen-bond acceptors (Lipinski definition) is 2. The summed E-state index contributed by atoms with van der Waals surface area (Å²) in [6.07, 6.45) is 0. The number of anilines is 3. The maximum absolute atomic E-state index is 2.50. The summed E-state index contributed by atoms with van der Waals surface area (Å²) in [7, 11) is 0. The smallest absolute Gasteiger partial charge is 0.0736 e. The minimum absolute atomic E-state index is 0.463. The number of benzene rings is 10. The molecule has 300 valence electrons. The second kappa shape index (κ2) is 14.5. The normalized spacial score (nSPS) is 14.1. The van der Waals surface area contributed by atoms with Crippen LogP contribution in [0.5, 0.6) is 0 Å². The molecule has 10 aromatic rings. The van der Waals surface area contributed by atoms with E-state index in [1.54, 1.807) is 0 Å². The summed E-state index contributed by atoms with van der Waals surface area (Å²) < 4.78 is 0. The summed E-state index contributed by atoms with van der Waals surface area (Å²) in [5.41, 5.74) is 20.5. The van der Waals surface area contributed by atoms with Crippen molar-refractivity contribution in [3.05, 3.63) is 293 Å². The van der Waals surface area contributed by atoms with Crippen molar-refractivity contribution >= 4 is 28.8 Å². The molecule has 0 unspecified atom stereocenters. The van der Waals surface area contributed by atoms with E-state index < -0.39 is 10.8 Å². The van der Waals surface area contributed by atoms with E-state index in [1.807, 2.05) is 11.8 Å². The van der Waals surface area contributed by atoms with E-state index in [1.165, 1.54) is 87.7 Å². The van der Waals surface area contributed by atoms with Gasteiger partial charge in [0.2, 0.25) is 0 Å². The Labute approximate surface area is 379 Å². The summed E-state index contributed by atoms with van der Waals surface area (Å²) in [5, 5.41) is 0. The van der Waals surface area contributed by atoms with E-state index in [0.29, 0.717) is 0 Å². The first-order valence-electron chi connectivity index (χ1n) is 22.2. The number of hydrogen-bond donors (Lipinski definition) is 0. The predicted octanol–water partition coefficient (Wildman–Crippen LogP) is 16.0. The molecule has 0 saturated carbocycles. The Hall–Kier alpha value is -7.65. The predicted molar refractivity (Wildman–Crippen MR) is 265 cm³/mol. The lowest BCUT2D eigenvalue weighted by Gasteiger charge is -2.41. The Morgan fingerprint density at radius 1 is 0.266 bits per heavy atom. The molecule has 1 spiro atoms. The molecule has 10 aromatic carbocycles. The minimum Gasteiger partial charge on any atom is -0.310 e. The van der Waals surface area contributed by atoms with E-state index >= 15 is 0 Å². The highest BCUT2D eigenvalue weighted by molar-refractivity contribution is 7.99. The zero-order valence-corrected chi connectivity index (χ0v) is 35.8. The third-order valence-corrected chi connectivity index (χ3v) is 15.2. The molecule has 0 bridgehead atoms. The van der Waals surface area contributed by atoms with E-state index in [4.69, 9.17) is 0 Å². The van der Waals surface area contributed by atoms with Gasteiger partial charge >= 0.3 is 0 Å². The topological polar surface area (TPSA) is 3.24 Å². The van der Waals surface area contributed by atoms with Crippen molar-refractivity contribution in [3.8, 4) is 33.4 Å². The molecule has 1 aliphatic heterocycles. The van der Waals surface area contributed by atoms with Crippen LogP contribution in [0.3, 0.4) is 0 Å². The summed E-state index contributed by atoms with van der Waals surface area (Å²) in [6.45, 7) is 0. The average Bonchev–Trinajstić information content (AvgIpc) is 3.84. The number of fused-ring (bicyclic) bond motifs is 12. The second-order valence-electron chi connectivity index (χ2n) is 17.1. The molecule has 2 heteroatoms. The Kier molecular flexibility index (Phi) is 8.35. The van der Waals surface area contributed by atoms with Crippen LogP contribution in [0.15, 0.2) is 259 Å². The quantitative estimate of drug-likeness (QED) is 0.164. The van der Waals surface area contributed by atoms with Gasteiger partial charge in [0.05, 0.1) is 10.8 Å². The molecule has 0 fully saturated rings. The van der Waals surface area contributed by atoms with E-state index in [9.17, 15) is 0 Å². The Bertz CT molecular complexity index is 3320. The lowest BCUT2D eigenvalue weighted by molar-refractivity contribution is 0.723. The van der Waals surface area contributed by atoms with Gasteiger partial charge in [-0.25, -0.2) is 0 Å². The van der Waals surface area contributed by atoms with Crippen molar-refractivity contribution in [2.24, 2.45) is 0 Å². The van der Waals surface area contributed by atoms with E-state index in [2.05, 4.69) is 254 Å². The van der Waals surface area contributed by atoms with Crippen LogP contribution in [0, 0.1) is 0 Å². The molecule has 0 amide bonds. The van der Waals surface area contributed by atoms with Crippen molar-refractivity contribution in [1.82, 2.24) is 0 Å². The van der Waals surface area contributed by atoms with Crippen LogP contribution in [-0.2, 0) is 10.8 Å². The zero-order valence-electron chi connectivity index (χ0n) is 35.0. The van der Waals surface area contributed by atoms with Crippen LogP contribution in [0.2, 0.25) is 0 Å². The highest BCUT2D eigenvalue weighted by atomic mass is 32.2. The fourth-order valence-electron chi connectivity index (χ4n) is 11.4. The maximum atomic E-state index is 2.50. The van der Waals surface area contributed by atoms with Gasteiger partial charge < -0.3 is 4.90 Å². The van der Waals surface area contributed by atoms with Gasteiger partial charge in [0, 0.05) is 26.9 Å². The fraction of sp³-hybridized carbons (Fsp3) is 0.0323. The highest BCUT2D eigenvalue weighted by Gasteiger charge is 2.51. The van der Waals surface area contributed by atoms with Crippen molar-refractivity contribution in [2.45, 2.75) is 20.6 Å². The summed E-state index contributed by atoms with van der Waals surface area (Å²) >= 11 is 1.89. The monoisotopic (exact) mass is 831 g/mol. The van der Waals surface area contributed by atoms with Crippen molar-refractivity contribution in [1.29, 1.82) is 0 Å². The van der Waals surface area contributed by atoms with Crippen LogP contribution in [0.1, 0.15) is 44.5 Å². The SMILES string of the molecule is c1ccc(-c2ccc3c(c2)C2(c4cc(N(c5ccccc5)c5ccc(C6(c7ccccc7)c7ccccc7-c7ccccc76)cc5)ccc4S3)c3ccccc3-c3ccccc32)cc1. The molecular formula is C62H41NS. The van der Waals surface area contributed by atoms with Gasteiger partial charge in [-0.2, -0.15) is 0 Å². The van der Waals surface area contributed by atoms with Crippen LogP contribution < -0.4 is 4.90 Å². The molecule has 3 aliphatic rings. The Balaban J connectivity index is 1.02. The maximum Gasteiger partial charge on any atom is 0.0736 e. The van der Waals surface area contributed by atoms with Gasteiger partial charge in [0.15, 0.2) is 0 Å². The summed E-state index contributed by atoms with van der Waals surface area (Å²) in [6, 6.07) is 92.6. The first kappa shape index (κ1) is 37.0. The molecule has 1 heterocycles. The van der Waals surface area contributed by atoms with Crippen molar-refractivity contribution in [3.63, 3.8) is 0 Å². The van der Waals surface area contributed by atoms with E-state index in [-0.39, 0.29) is 0 Å². The molecule has 0 radical (unpaired) electrons. The lowest BCUT2D eigenvalue weighted by atomic mass is 9.67. The third kappa shape index (κ3) is 5.21. The molecular weight excluding hydrogens is 791 g/mol. The average molecular weight is 832 g/mol. The molecule has 1 nitrogen and oxygen atoms in total. The number of rotatable bonds is 6. The Morgan fingerprint density at radius 3 is 1.23 bits per heavy atom. The summed E-state index contributed by atoms with van der Waals surface area (Å²) in [4.78, 5) is 5.02. The highest BCUT2D eigenvalue weighted by Crippen LogP contribution is 2.63. The van der Waals surface area contributed by atoms with Crippen molar-refractivity contribution < 1.29 is 0 Å². The first-order valence-corrected chi connectivity index (χ1v) is 23.0. The van der Waals surface area contributed by atoms with Crippen LogP contribution in [0.25, 0.3) is 33.4 Å². The van der Waals surface area contributed by atoms with Crippen LogP contribution in [-0.4, -0.2) is 0 Å². The largest absolute Gasteiger partial charge is 0.310 e. The van der Waals surface area contributed by atoms with Gasteiger partial charge in [-0.05, 0) is 132 Å². The summed E-state index contributed by atoms with van der Waals surface area (Å²) in [5.74, 6) is 0. The zero-order chi connectivity index (χ0) is 42.2.